The smallest absolute Gasteiger partial charge is 0.265 e. The maximum atomic E-state index is 12.5. The molecule has 0 saturated carbocycles. The Kier molecular flexibility index (Phi) is 4.41. The molecule has 1 unspecified atom stereocenters. The predicted molar refractivity (Wildman–Crippen MR) is 91.5 cm³/mol. The van der Waals surface area contributed by atoms with Gasteiger partial charge in [-0.2, -0.15) is 0 Å². The maximum absolute atomic E-state index is 12.5. The first-order valence-corrected chi connectivity index (χ1v) is 8.52. The Bertz CT molecular complexity index is 711. The van der Waals surface area contributed by atoms with Crippen LogP contribution < -0.4 is 10.1 Å². The van der Waals surface area contributed by atoms with Gasteiger partial charge >= 0.3 is 0 Å². The molecule has 1 aromatic heterocycles. The molecule has 3 rings (SSSR count). The second-order valence-electron chi connectivity index (χ2n) is 5.71. The molecule has 1 N–H and O–H groups in total. The number of thiophene rings is 1. The van der Waals surface area contributed by atoms with Crippen LogP contribution in [0.3, 0.4) is 0 Å². The number of ether oxygens (including phenoxy) is 1. The Morgan fingerprint density at radius 3 is 3.00 bits per heavy atom. The molecule has 1 heterocycles. The largest absolute Gasteiger partial charge is 0.495 e. The van der Waals surface area contributed by atoms with Crippen LogP contribution >= 0.6 is 22.9 Å². The van der Waals surface area contributed by atoms with Gasteiger partial charge in [-0.15, -0.1) is 11.3 Å². The molecule has 2 aromatic rings. The van der Waals surface area contributed by atoms with Crippen LogP contribution in [0.2, 0.25) is 5.02 Å². The summed E-state index contributed by atoms with van der Waals surface area (Å²) in [6.45, 7) is 2.26. The zero-order valence-electron chi connectivity index (χ0n) is 12.6. The lowest BCUT2D eigenvalue weighted by atomic mass is 9.90. The zero-order valence-corrected chi connectivity index (χ0v) is 14.2. The highest BCUT2D eigenvalue weighted by Crippen LogP contribution is 2.33. The van der Waals surface area contributed by atoms with Gasteiger partial charge in [0.2, 0.25) is 0 Å². The van der Waals surface area contributed by atoms with Crippen molar-refractivity contribution in [2.45, 2.75) is 26.2 Å². The molecule has 1 amide bonds. The Balaban J connectivity index is 1.82. The summed E-state index contributed by atoms with van der Waals surface area (Å²) in [5.74, 6) is 1.20. The van der Waals surface area contributed by atoms with E-state index in [2.05, 4.69) is 12.2 Å². The van der Waals surface area contributed by atoms with Gasteiger partial charge in [-0.05, 0) is 55.0 Å². The van der Waals surface area contributed by atoms with Gasteiger partial charge in [0.1, 0.15) is 5.75 Å². The second-order valence-corrected chi connectivity index (χ2v) is 7.28. The molecule has 3 nitrogen and oxygen atoms in total. The fraction of sp³-hybridized carbons (Fsp3) is 0.353. The van der Waals surface area contributed by atoms with Crippen LogP contribution in [0.4, 0.5) is 5.69 Å². The highest BCUT2D eigenvalue weighted by Gasteiger charge is 2.21. The summed E-state index contributed by atoms with van der Waals surface area (Å²) in [4.78, 5) is 14.6. The fourth-order valence-corrected chi connectivity index (χ4v) is 4.06. The molecule has 0 bridgehead atoms. The summed E-state index contributed by atoms with van der Waals surface area (Å²) < 4.78 is 5.26. The standard InChI is InChI=1S/C17H18ClNO2S/c1-10-3-6-15-11(7-10)8-16(22-15)17(20)19-13-9-12(18)4-5-14(13)21-2/h4-5,8-10H,3,6-7H2,1-2H3,(H,19,20). The van der Waals surface area contributed by atoms with E-state index in [0.29, 0.717) is 22.4 Å². The van der Waals surface area contributed by atoms with Gasteiger partial charge in [0.15, 0.2) is 0 Å². The Labute approximate surface area is 139 Å². The number of carbonyl (C=O) groups excluding carboxylic acids is 1. The third kappa shape index (κ3) is 3.13. The average Bonchev–Trinajstić information content (AvgIpc) is 2.90. The number of hydrogen-bond donors (Lipinski definition) is 1. The van der Waals surface area contributed by atoms with Crippen molar-refractivity contribution in [3.05, 3.63) is 44.6 Å². The van der Waals surface area contributed by atoms with E-state index in [9.17, 15) is 4.79 Å². The van der Waals surface area contributed by atoms with E-state index in [1.807, 2.05) is 6.07 Å². The van der Waals surface area contributed by atoms with Gasteiger partial charge < -0.3 is 10.1 Å². The second kappa shape index (κ2) is 6.31. The highest BCUT2D eigenvalue weighted by atomic mass is 35.5. The monoisotopic (exact) mass is 335 g/mol. The first-order valence-electron chi connectivity index (χ1n) is 7.33. The van der Waals surface area contributed by atoms with E-state index in [-0.39, 0.29) is 5.91 Å². The Morgan fingerprint density at radius 1 is 1.41 bits per heavy atom. The van der Waals surface area contributed by atoms with Crippen molar-refractivity contribution in [3.63, 3.8) is 0 Å². The number of anilines is 1. The molecule has 116 valence electrons. The van der Waals surface area contributed by atoms with Crippen molar-refractivity contribution >= 4 is 34.5 Å². The number of aryl methyl sites for hydroxylation is 1. The van der Waals surface area contributed by atoms with Gasteiger partial charge in [0.25, 0.3) is 5.91 Å². The van der Waals surface area contributed by atoms with Gasteiger partial charge in [0, 0.05) is 9.90 Å². The molecule has 1 atom stereocenters. The topological polar surface area (TPSA) is 38.3 Å². The number of benzene rings is 1. The quantitative estimate of drug-likeness (QED) is 0.876. The first kappa shape index (κ1) is 15.4. The van der Waals surface area contributed by atoms with E-state index in [0.717, 1.165) is 17.7 Å². The van der Waals surface area contributed by atoms with Crippen LogP contribution in [0.1, 0.15) is 33.5 Å². The molecule has 5 heteroatoms. The summed E-state index contributed by atoms with van der Waals surface area (Å²) in [7, 11) is 1.57. The van der Waals surface area contributed by atoms with E-state index >= 15 is 0 Å². The number of hydrogen-bond acceptors (Lipinski definition) is 3. The molecule has 0 aliphatic heterocycles. The van der Waals surface area contributed by atoms with Crippen LogP contribution in [0.25, 0.3) is 0 Å². The summed E-state index contributed by atoms with van der Waals surface area (Å²) in [5.41, 5.74) is 1.92. The van der Waals surface area contributed by atoms with Crippen molar-refractivity contribution in [3.8, 4) is 5.75 Å². The van der Waals surface area contributed by atoms with Crippen LogP contribution in [-0.2, 0) is 12.8 Å². The molecular weight excluding hydrogens is 318 g/mol. The molecule has 0 fully saturated rings. The predicted octanol–water partition coefficient (Wildman–Crippen LogP) is 4.79. The molecule has 22 heavy (non-hydrogen) atoms. The summed E-state index contributed by atoms with van der Waals surface area (Å²) >= 11 is 7.59. The minimum Gasteiger partial charge on any atom is -0.495 e. The minimum absolute atomic E-state index is 0.104. The van der Waals surface area contributed by atoms with Crippen LogP contribution in [0.5, 0.6) is 5.75 Å². The van der Waals surface area contributed by atoms with Crippen LogP contribution in [0.15, 0.2) is 24.3 Å². The van der Waals surface area contributed by atoms with E-state index in [1.54, 1.807) is 36.6 Å². The molecular formula is C17H18ClNO2S. The zero-order chi connectivity index (χ0) is 15.7. The van der Waals surface area contributed by atoms with Crippen molar-refractivity contribution in [2.24, 2.45) is 5.92 Å². The maximum Gasteiger partial charge on any atom is 0.265 e. The van der Waals surface area contributed by atoms with Crippen LogP contribution in [-0.4, -0.2) is 13.0 Å². The van der Waals surface area contributed by atoms with Crippen molar-refractivity contribution < 1.29 is 9.53 Å². The Hall–Kier alpha value is -1.52. The number of carbonyl (C=O) groups is 1. The summed E-state index contributed by atoms with van der Waals surface area (Å²) in [6.07, 6.45) is 3.35. The number of fused-ring (bicyclic) bond motifs is 1. The number of methoxy groups -OCH3 is 1. The fourth-order valence-electron chi connectivity index (χ4n) is 2.78. The average molecular weight is 336 g/mol. The summed E-state index contributed by atoms with van der Waals surface area (Å²) in [6, 6.07) is 7.22. The number of halogens is 1. The van der Waals surface area contributed by atoms with E-state index < -0.39 is 0 Å². The molecule has 0 radical (unpaired) electrons. The van der Waals surface area contributed by atoms with E-state index in [1.165, 1.54) is 16.9 Å². The molecule has 1 aliphatic carbocycles. The highest BCUT2D eigenvalue weighted by molar-refractivity contribution is 7.14. The number of nitrogens with one attached hydrogen (secondary N) is 1. The van der Waals surface area contributed by atoms with Gasteiger partial charge in [-0.25, -0.2) is 0 Å². The van der Waals surface area contributed by atoms with E-state index in [4.69, 9.17) is 16.3 Å². The molecule has 1 aromatic carbocycles. The van der Waals surface area contributed by atoms with Crippen molar-refractivity contribution in [1.29, 1.82) is 0 Å². The lowest BCUT2D eigenvalue weighted by Gasteiger charge is -2.16. The van der Waals surface area contributed by atoms with Gasteiger partial charge in [-0.1, -0.05) is 18.5 Å². The third-order valence-corrected chi connectivity index (χ3v) is 5.43. The number of amides is 1. The molecule has 0 saturated heterocycles. The number of rotatable bonds is 3. The summed E-state index contributed by atoms with van der Waals surface area (Å²) in [5, 5.41) is 3.47. The normalized spacial score (nSPS) is 17.0. The first-order chi connectivity index (χ1) is 10.6. The Morgan fingerprint density at radius 2 is 2.23 bits per heavy atom. The SMILES string of the molecule is COc1ccc(Cl)cc1NC(=O)c1cc2c(s1)CCC(C)C2. The third-order valence-electron chi connectivity index (χ3n) is 3.96. The van der Waals surface area contributed by atoms with Crippen molar-refractivity contribution in [2.75, 3.05) is 12.4 Å². The van der Waals surface area contributed by atoms with Crippen molar-refractivity contribution in [1.82, 2.24) is 0 Å². The molecule has 0 spiro atoms. The minimum atomic E-state index is -0.104. The lowest BCUT2D eigenvalue weighted by molar-refractivity contribution is 0.103. The van der Waals surface area contributed by atoms with Crippen LogP contribution in [0, 0.1) is 5.92 Å². The molecule has 1 aliphatic rings. The van der Waals surface area contributed by atoms with Gasteiger partial charge in [-0.3, -0.25) is 4.79 Å². The lowest BCUT2D eigenvalue weighted by Crippen LogP contribution is -2.11. The van der Waals surface area contributed by atoms with Gasteiger partial charge in [0.05, 0.1) is 17.7 Å².